The number of hydrogen-bond donors (Lipinski definition) is 0. The lowest BCUT2D eigenvalue weighted by Crippen LogP contribution is -2.35. The standard InChI is InChI=1S/C17H25NO7/c1-6-23-16(21)24-12-7-8-14(19)18(11-12)13(9-10-22-5)15(20)25-17(2,3)4/h7-8,11,13H,6,9-10H2,1-5H3. The number of rotatable bonds is 7. The molecule has 1 unspecified atom stereocenters. The molecule has 0 N–H and O–H groups in total. The van der Waals surface area contributed by atoms with Gasteiger partial charge in [0, 0.05) is 26.2 Å². The molecule has 0 aliphatic heterocycles. The van der Waals surface area contributed by atoms with E-state index in [4.69, 9.17) is 18.9 Å². The Hall–Kier alpha value is -2.35. The SMILES string of the molecule is CCOC(=O)Oc1ccc(=O)n(C(CCOC)C(=O)OC(C)(C)C)c1. The number of aromatic nitrogens is 1. The second-order valence-corrected chi connectivity index (χ2v) is 6.23. The number of ether oxygens (including phenoxy) is 4. The minimum Gasteiger partial charge on any atom is -0.458 e. The molecule has 0 saturated heterocycles. The van der Waals surface area contributed by atoms with Crippen LogP contribution in [-0.4, -0.2) is 42.6 Å². The topological polar surface area (TPSA) is 93.1 Å². The first kappa shape index (κ1) is 20.7. The van der Waals surface area contributed by atoms with E-state index in [2.05, 4.69) is 0 Å². The Morgan fingerprint density at radius 1 is 1.24 bits per heavy atom. The van der Waals surface area contributed by atoms with Gasteiger partial charge < -0.3 is 18.9 Å². The van der Waals surface area contributed by atoms with Crippen LogP contribution < -0.4 is 10.3 Å². The summed E-state index contributed by atoms with van der Waals surface area (Å²) in [7, 11) is 1.50. The molecule has 140 valence electrons. The van der Waals surface area contributed by atoms with Crippen molar-refractivity contribution in [3.05, 3.63) is 28.7 Å². The van der Waals surface area contributed by atoms with Crippen molar-refractivity contribution in [1.29, 1.82) is 0 Å². The van der Waals surface area contributed by atoms with Crippen molar-refractivity contribution >= 4 is 12.1 Å². The molecule has 0 radical (unpaired) electrons. The van der Waals surface area contributed by atoms with Gasteiger partial charge in [0.15, 0.2) is 5.75 Å². The summed E-state index contributed by atoms with van der Waals surface area (Å²) in [5.41, 5.74) is -1.13. The molecule has 0 amide bonds. The second kappa shape index (κ2) is 9.22. The number of hydrogen-bond acceptors (Lipinski definition) is 7. The van der Waals surface area contributed by atoms with Crippen molar-refractivity contribution < 1.29 is 28.5 Å². The zero-order chi connectivity index (χ0) is 19.0. The van der Waals surface area contributed by atoms with Gasteiger partial charge in [-0.3, -0.25) is 9.36 Å². The molecule has 8 heteroatoms. The maximum absolute atomic E-state index is 12.5. The quantitative estimate of drug-likeness (QED) is 0.693. The third kappa shape index (κ3) is 6.96. The van der Waals surface area contributed by atoms with Crippen molar-refractivity contribution in [2.75, 3.05) is 20.3 Å². The van der Waals surface area contributed by atoms with Gasteiger partial charge in [0.25, 0.3) is 5.56 Å². The molecule has 8 nitrogen and oxygen atoms in total. The summed E-state index contributed by atoms with van der Waals surface area (Å²) >= 11 is 0. The lowest BCUT2D eigenvalue weighted by atomic mass is 10.1. The Kier molecular flexibility index (Phi) is 7.63. The molecule has 0 fully saturated rings. The van der Waals surface area contributed by atoms with Gasteiger partial charge in [-0.1, -0.05) is 0 Å². The highest BCUT2D eigenvalue weighted by Crippen LogP contribution is 2.19. The van der Waals surface area contributed by atoms with Gasteiger partial charge in [-0.15, -0.1) is 0 Å². The molecule has 1 rings (SSSR count). The van der Waals surface area contributed by atoms with Crippen LogP contribution in [0.5, 0.6) is 5.75 Å². The van der Waals surface area contributed by atoms with E-state index >= 15 is 0 Å². The molecule has 1 aromatic rings. The zero-order valence-electron chi connectivity index (χ0n) is 15.2. The second-order valence-electron chi connectivity index (χ2n) is 6.23. The molecule has 25 heavy (non-hydrogen) atoms. The largest absolute Gasteiger partial charge is 0.513 e. The molecule has 0 bridgehead atoms. The van der Waals surface area contributed by atoms with E-state index in [0.29, 0.717) is 0 Å². The summed E-state index contributed by atoms with van der Waals surface area (Å²) in [6.07, 6.45) is 0.621. The Labute approximate surface area is 146 Å². The summed E-state index contributed by atoms with van der Waals surface area (Å²) in [5.74, 6) is -0.482. The summed E-state index contributed by atoms with van der Waals surface area (Å²) < 4.78 is 21.2. The van der Waals surface area contributed by atoms with Crippen molar-refractivity contribution in [1.82, 2.24) is 4.57 Å². The maximum Gasteiger partial charge on any atom is 0.513 e. The van der Waals surface area contributed by atoms with E-state index in [1.807, 2.05) is 0 Å². The minimum atomic E-state index is -0.905. The highest BCUT2D eigenvalue weighted by Gasteiger charge is 2.27. The molecule has 1 aromatic heterocycles. The monoisotopic (exact) mass is 355 g/mol. The minimum absolute atomic E-state index is 0.0871. The third-order valence-corrected chi connectivity index (χ3v) is 2.98. The van der Waals surface area contributed by atoms with Crippen LogP contribution in [0, 0.1) is 0 Å². The molecular weight excluding hydrogens is 330 g/mol. The highest BCUT2D eigenvalue weighted by atomic mass is 16.7. The predicted molar refractivity (Wildman–Crippen MR) is 89.7 cm³/mol. The average molecular weight is 355 g/mol. The van der Waals surface area contributed by atoms with Crippen LogP contribution >= 0.6 is 0 Å². The normalized spacial score (nSPS) is 12.4. The molecule has 1 atom stereocenters. The molecule has 0 aromatic carbocycles. The van der Waals surface area contributed by atoms with E-state index in [-0.39, 0.29) is 25.4 Å². The lowest BCUT2D eigenvalue weighted by molar-refractivity contribution is -0.159. The molecule has 0 spiro atoms. The predicted octanol–water partition coefficient (Wildman–Crippen LogP) is 2.30. The van der Waals surface area contributed by atoms with Crippen LogP contribution in [0.1, 0.15) is 40.2 Å². The Bertz CT molecular complexity index is 645. The van der Waals surface area contributed by atoms with Crippen molar-refractivity contribution in [3.8, 4) is 5.75 Å². The van der Waals surface area contributed by atoms with Crippen molar-refractivity contribution in [2.24, 2.45) is 0 Å². The number of pyridine rings is 1. The number of carbonyl (C=O) groups excluding carboxylic acids is 2. The van der Waals surface area contributed by atoms with E-state index < -0.39 is 29.3 Å². The van der Waals surface area contributed by atoms with Crippen LogP contribution in [-0.2, 0) is 19.0 Å². The van der Waals surface area contributed by atoms with Crippen LogP contribution in [0.4, 0.5) is 4.79 Å². The van der Waals surface area contributed by atoms with Crippen molar-refractivity contribution in [2.45, 2.75) is 45.8 Å². The number of nitrogens with zero attached hydrogens (tertiary/aromatic N) is 1. The Morgan fingerprint density at radius 2 is 1.92 bits per heavy atom. The van der Waals surface area contributed by atoms with E-state index in [0.717, 1.165) is 0 Å². The van der Waals surface area contributed by atoms with Gasteiger partial charge in [0.2, 0.25) is 0 Å². The van der Waals surface area contributed by atoms with Crippen LogP contribution in [0.25, 0.3) is 0 Å². The fourth-order valence-corrected chi connectivity index (χ4v) is 2.00. The van der Waals surface area contributed by atoms with Gasteiger partial charge in [-0.2, -0.15) is 0 Å². The smallest absolute Gasteiger partial charge is 0.458 e. The van der Waals surface area contributed by atoms with Gasteiger partial charge in [0.1, 0.15) is 11.6 Å². The molecule has 0 saturated carbocycles. The fourth-order valence-electron chi connectivity index (χ4n) is 2.00. The van der Waals surface area contributed by atoms with Crippen LogP contribution in [0.2, 0.25) is 0 Å². The summed E-state index contributed by atoms with van der Waals surface area (Å²) in [4.78, 5) is 36.1. The van der Waals surface area contributed by atoms with E-state index in [1.165, 1.54) is 30.0 Å². The number of esters is 1. The molecular formula is C17H25NO7. The van der Waals surface area contributed by atoms with Gasteiger partial charge in [0.05, 0.1) is 12.8 Å². The van der Waals surface area contributed by atoms with Crippen LogP contribution in [0.15, 0.2) is 23.1 Å². The summed E-state index contributed by atoms with van der Waals surface area (Å²) in [5, 5.41) is 0. The third-order valence-electron chi connectivity index (χ3n) is 2.98. The number of methoxy groups -OCH3 is 1. The van der Waals surface area contributed by atoms with Gasteiger partial charge >= 0.3 is 12.1 Å². The first-order valence-electron chi connectivity index (χ1n) is 7.96. The Balaban J connectivity index is 3.13. The molecule has 1 heterocycles. The maximum atomic E-state index is 12.5. The fraction of sp³-hybridized carbons (Fsp3) is 0.588. The first-order valence-corrected chi connectivity index (χ1v) is 7.96. The molecule has 0 aliphatic carbocycles. The van der Waals surface area contributed by atoms with Gasteiger partial charge in [-0.05, 0) is 33.8 Å². The van der Waals surface area contributed by atoms with Gasteiger partial charge in [-0.25, -0.2) is 9.59 Å². The Morgan fingerprint density at radius 3 is 2.48 bits per heavy atom. The van der Waals surface area contributed by atoms with E-state index in [1.54, 1.807) is 27.7 Å². The highest BCUT2D eigenvalue weighted by molar-refractivity contribution is 5.74. The first-order chi connectivity index (χ1) is 11.7. The summed E-state index contributed by atoms with van der Waals surface area (Å²) in [6.45, 7) is 7.27. The lowest BCUT2D eigenvalue weighted by Gasteiger charge is -2.25. The average Bonchev–Trinajstić information content (AvgIpc) is 2.49. The van der Waals surface area contributed by atoms with E-state index in [9.17, 15) is 14.4 Å². The number of carbonyl (C=O) groups is 2. The summed E-state index contributed by atoms with van der Waals surface area (Å²) in [6, 6.07) is 1.63. The zero-order valence-corrected chi connectivity index (χ0v) is 15.2. The molecule has 0 aliphatic rings. The van der Waals surface area contributed by atoms with Crippen LogP contribution in [0.3, 0.4) is 0 Å². The van der Waals surface area contributed by atoms with Crippen molar-refractivity contribution in [3.63, 3.8) is 0 Å².